The van der Waals surface area contributed by atoms with E-state index in [1.807, 2.05) is 6.92 Å². The molecular weight excluding hydrogens is 146 g/mol. The van der Waals surface area contributed by atoms with Gasteiger partial charge in [0.25, 0.3) is 0 Å². The summed E-state index contributed by atoms with van der Waals surface area (Å²) < 4.78 is 0. The van der Waals surface area contributed by atoms with E-state index in [9.17, 15) is 9.59 Å². The maximum Gasteiger partial charge on any atom is 0.329 e. The summed E-state index contributed by atoms with van der Waals surface area (Å²) in [5, 5.41) is 11.1. The molecule has 2 unspecified atom stereocenters. The predicted octanol–water partition coefficient (Wildman–Crippen LogP) is -0.0143. The lowest BCUT2D eigenvalue weighted by atomic mass is 9.67. The van der Waals surface area contributed by atoms with Crippen molar-refractivity contribution in [2.45, 2.75) is 25.3 Å². The molecule has 0 bridgehead atoms. The van der Waals surface area contributed by atoms with Gasteiger partial charge in [-0.3, -0.25) is 4.79 Å². The third-order valence-corrected chi connectivity index (χ3v) is 2.51. The van der Waals surface area contributed by atoms with Crippen molar-refractivity contribution in [2.24, 2.45) is 5.92 Å². The molecular formula is C7H11NO3. The maximum absolute atomic E-state index is 10.7. The van der Waals surface area contributed by atoms with Crippen molar-refractivity contribution < 1.29 is 14.7 Å². The second-order valence-electron chi connectivity index (χ2n) is 2.98. The quantitative estimate of drug-likeness (QED) is 0.566. The Labute approximate surface area is 64.6 Å². The summed E-state index contributed by atoms with van der Waals surface area (Å²) in [6.07, 6.45) is 1.87. The van der Waals surface area contributed by atoms with Gasteiger partial charge in [-0.2, -0.15) is 0 Å². The Balaban J connectivity index is 2.72. The van der Waals surface area contributed by atoms with Crippen LogP contribution < -0.4 is 5.32 Å². The zero-order valence-electron chi connectivity index (χ0n) is 6.33. The average molecular weight is 157 g/mol. The second-order valence-corrected chi connectivity index (χ2v) is 2.98. The van der Waals surface area contributed by atoms with E-state index in [2.05, 4.69) is 5.32 Å². The van der Waals surface area contributed by atoms with E-state index < -0.39 is 11.5 Å². The largest absolute Gasteiger partial charge is 0.479 e. The highest BCUT2D eigenvalue weighted by atomic mass is 16.4. The van der Waals surface area contributed by atoms with Crippen LogP contribution in [-0.2, 0) is 9.59 Å². The topological polar surface area (TPSA) is 66.4 Å². The molecule has 0 aliphatic heterocycles. The highest BCUT2D eigenvalue weighted by Gasteiger charge is 2.50. The van der Waals surface area contributed by atoms with Crippen molar-refractivity contribution in [3.05, 3.63) is 0 Å². The molecule has 0 saturated heterocycles. The summed E-state index contributed by atoms with van der Waals surface area (Å²) in [5.74, 6) is -0.881. The van der Waals surface area contributed by atoms with Gasteiger partial charge in [0, 0.05) is 0 Å². The van der Waals surface area contributed by atoms with Crippen molar-refractivity contribution in [2.75, 3.05) is 0 Å². The van der Waals surface area contributed by atoms with Gasteiger partial charge in [-0.1, -0.05) is 6.92 Å². The van der Waals surface area contributed by atoms with Gasteiger partial charge in [-0.15, -0.1) is 0 Å². The number of carbonyl (C=O) groups is 2. The monoisotopic (exact) mass is 157 g/mol. The molecule has 0 aromatic heterocycles. The van der Waals surface area contributed by atoms with Gasteiger partial charge in [0.05, 0.1) is 0 Å². The minimum absolute atomic E-state index is 0.0465. The zero-order valence-corrected chi connectivity index (χ0v) is 6.33. The molecule has 2 N–H and O–H groups in total. The van der Waals surface area contributed by atoms with Crippen LogP contribution in [0.4, 0.5) is 0 Å². The standard InChI is InChI=1S/C7H11NO3/c1-5-2-3-7(5,6(10)11)8-4-9/h4-5H,2-3H2,1H3,(H,8,9)(H,10,11). The van der Waals surface area contributed by atoms with Gasteiger partial charge < -0.3 is 10.4 Å². The number of nitrogens with one attached hydrogen (secondary N) is 1. The molecule has 1 fully saturated rings. The lowest BCUT2D eigenvalue weighted by molar-refractivity contribution is -0.154. The van der Waals surface area contributed by atoms with Crippen molar-refractivity contribution >= 4 is 12.4 Å². The van der Waals surface area contributed by atoms with Crippen molar-refractivity contribution in [1.82, 2.24) is 5.32 Å². The van der Waals surface area contributed by atoms with Crippen LogP contribution in [0, 0.1) is 5.92 Å². The minimum Gasteiger partial charge on any atom is -0.479 e. The predicted molar refractivity (Wildman–Crippen MR) is 38.0 cm³/mol. The number of carbonyl (C=O) groups excluding carboxylic acids is 1. The highest BCUT2D eigenvalue weighted by molar-refractivity contribution is 5.83. The zero-order chi connectivity index (χ0) is 8.48. The number of carboxylic acid groups (broad SMARTS) is 1. The lowest BCUT2D eigenvalue weighted by Gasteiger charge is -2.43. The van der Waals surface area contributed by atoms with Crippen LogP contribution in [0.15, 0.2) is 0 Å². The average Bonchev–Trinajstić information content (AvgIpc) is 1.96. The summed E-state index contributed by atoms with van der Waals surface area (Å²) in [4.78, 5) is 20.8. The molecule has 0 radical (unpaired) electrons. The van der Waals surface area contributed by atoms with Crippen LogP contribution in [-0.4, -0.2) is 23.0 Å². The first-order valence-corrected chi connectivity index (χ1v) is 3.58. The molecule has 11 heavy (non-hydrogen) atoms. The first kappa shape index (κ1) is 8.04. The molecule has 62 valence electrons. The summed E-state index contributed by atoms with van der Waals surface area (Å²) in [6.45, 7) is 1.83. The summed E-state index contributed by atoms with van der Waals surface area (Å²) in [5.41, 5.74) is -0.970. The van der Waals surface area contributed by atoms with E-state index in [-0.39, 0.29) is 5.92 Å². The molecule has 1 amide bonds. The molecule has 1 saturated carbocycles. The van der Waals surface area contributed by atoms with E-state index in [1.165, 1.54) is 0 Å². The number of amides is 1. The number of carboxylic acids is 1. The Morgan fingerprint density at radius 1 is 1.82 bits per heavy atom. The van der Waals surface area contributed by atoms with Gasteiger partial charge in [-0.25, -0.2) is 4.79 Å². The Morgan fingerprint density at radius 3 is 2.55 bits per heavy atom. The van der Waals surface area contributed by atoms with Gasteiger partial charge in [0.1, 0.15) is 5.54 Å². The molecule has 0 aromatic carbocycles. The van der Waals surface area contributed by atoms with E-state index in [0.717, 1.165) is 6.42 Å². The lowest BCUT2D eigenvalue weighted by Crippen LogP contribution is -2.62. The van der Waals surface area contributed by atoms with E-state index >= 15 is 0 Å². The Morgan fingerprint density at radius 2 is 2.45 bits per heavy atom. The van der Waals surface area contributed by atoms with Gasteiger partial charge in [-0.05, 0) is 18.8 Å². The van der Waals surface area contributed by atoms with Crippen molar-refractivity contribution in [3.8, 4) is 0 Å². The fraction of sp³-hybridized carbons (Fsp3) is 0.714. The van der Waals surface area contributed by atoms with E-state index in [4.69, 9.17) is 5.11 Å². The number of rotatable bonds is 3. The van der Waals surface area contributed by atoms with Crippen LogP contribution in [0.1, 0.15) is 19.8 Å². The van der Waals surface area contributed by atoms with Gasteiger partial charge >= 0.3 is 5.97 Å². The normalized spacial score (nSPS) is 35.5. The second kappa shape index (κ2) is 2.53. The van der Waals surface area contributed by atoms with Gasteiger partial charge in [0.15, 0.2) is 0 Å². The summed E-state index contributed by atoms with van der Waals surface area (Å²) in [7, 11) is 0. The summed E-state index contributed by atoms with van der Waals surface area (Å²) >= 11 is 0. The van der Waals surface area contributed by atoms with Crippen molar-refractivity contribution in [1.29, 1.82) is 0 Å². The first-order chi connectivity index (χ1) is 5.13. The molecule has 4 heteroatoms. The van der Waals surface area contributed by atoms with E-state index in [0.29, 0.717) is 12.8 Å². The molecule has 1 rings (SSSR count). The molecule has 1 aliphatic carbocycles. The number of aliphatic carboxylic acids is 1. The smallest absolute Gasteiger partial charge is 0.329 e. The van der Waals surface area contributed by atoms with Crippen molar-refractivity contribution in [3.63, 3.8) is 0 Å². The first-order valence-electron chi connectivity index (χ1n) is 3.58. The third kappa shape index (κ3) is 0.982. The molecule has 4 nitrogen and oxygen atoms in total. The highest BCUT2D eigenvalue weighted by Crippen LogP contribution is 2.37. The molecule has 1 aliphatic rings. The SMILES string of the molecule is CC1CCC1(NC=O)C(=O)O. The number of hydrogen-bond donors (Lipinski definition) is 2. The van der Waals surface area contributed by atoms with Crippen LogP contribution in [0.5, 0.6) is 0 Å². The Bertz CT molecular complexity index is 192. The molecule has 0 spiro atoms. The number of hydrogen-bond acceptors (Lipinski definition) is 2. The van der Waals surface area contributed by atoms with Crippen LogP contribution in [0.2, 0.25) is 0 Å². The third-order valence-electron chi connectivity index (χ3n) is 2.51. The van der Waals surface area contributed by atoms with Crippen LogP contribution in [0.25, 0.3) is 0 Å². The molecule has 2 atom stereocenters. The fourth-order valence-electron chi connectivity index (χ4n) is 1.42. The summed E-state index contributed by atoms with van der Waals surface area (Å²) in [6, 6.07) is 0. The minimum atomic E-state index is -0.970. The van der Waals surface area contributed by atoms with E-state index in [1.54, 1.807) is 0 Å². The molecule has 0 heterocycles. The van der Waals surface area contributed by atoms with Crippen LogP contribution in [0.3, 0.4) is 0 Å². The Hall–Kier alpha value is -1.06. The van der Waals surface area contributed by atoms with Crippen LogP contribution >= 0.6 is 0 Å². The Kier molecular flexibility index (Phi) is 1.85. The fourth-order valence-corrected chi connectivity index (χ4v) is 1.42. The van der Waals surface area contributed by atoms with Gasteiger partial charge in [0.2, 0.25) is 6.41 Å². The maximum atomic E-state index is 10.7. The molecule has 0 aromatic rings.